The van der Waals surface area contributed by atoms with Crippen molar-refractivity contribution in [3.8, 4) is 5.75 Å². The molecular weight excluding hydrogens is 199 g/mol. The molecule has 1 aromatic rings. The SMILES string of the molecule is CC1Oc2ccc(F)cc2C1CC(=O)O. The van der Waals surface area contributed by atoms with E-state index in [9.17, 15) is 9.18 Å². The van der Waals surface area contributed by atoms with E-state index in [-0.39, 0.29) is 24.3 Å². The third-order valence-corrected chi connectivity index (χ3v) is 2.65. The Bertz CT molecular complexity index is 403. The number of carbonyl (C=O) groups is 1. The van der Waals surface area contributed by atoms with Crippen molar-refractivity contribution in [2.24, 2.45) is 0 Å². The molecule has 0 saturated carbocycles. The number of fused-ring (bicyclic) bond motifs is 1. The van der Waals surface area contributed by atoms with Crippen molar-refractivity contribution in [2.75, 3.05) is 0 Å². The first-order chi connectivity index (χ1) is 7.08. The van der Waals surface area contributed by atoms with Gasteiger partial charge in [0.25, 0.3) is 0 Å². The van der Waals surface area contributed by atoms with E-state index in [1.807, 2.05) is 0 Å². The quantitative estimate of drug-likeness (QED) is 0.813. The normalized spacial score (nSPS) is 23.3. The highest BCUT2D eigenvalue weighted by Crippen LogP contribution is 2.40. The fourth-order valence-electron chi connectivity index (χ4n) is 1.92. The van der Waals surface area contributed by atoms with Crippen molar-refractivity contribution in [1.82, 2.24) is 0 Å². The summed E-state index contributed by atoms with van der Waals surface area (Å²) in [6.45, 7) is 1.80. The third-order valence-electron chi connectivity index (χ3n) is 2.65. The van der Waals surface area contributed by atoms with Gasteiger partial charge in [-0.05, 0) is 25.1 Å². The van der Waals surface area contributed by atoms with Crippen LogP contribution >= 0.6 is 0 Å². The summed E-state index contributed by atoms with van der Waals surface area (Å²) >= 11 is 0. The zero-order chi connectivity index (χ0) is 11.0. The van der Waals surface area contributed by atoms with Crippen LogP contribution in [0.2, 0.25) is 0 Å². The summed E-state index contributed by atoms with van der Waals surface area (Å²) in [6.07, 6.45) is -0.240. The van der Waals surface area contributed by atoms with E-state index in [0.717, 1.165) is 0 Å². The van der Waals surface area contributed by atoms with Crippen molar-refractivity contribution >= 4 is 5.97 Å². The Morgan fingerprint density at radius 3 is 3.00 bits per heavy atom. The number of ether oxygens (including phenoxy) is 1. The zero-order valence-corrected chi connectivity index (χ0v) is 8.24. The number of benzene rings is 1. The fraction of sp³-hybridized carbons (Fsp3) is 0.364. The molecule has 1 N–H and O–H groups in total. The number of carboxylic acid groups (broad SMARTS) is 1. The van der Waals surface area contributed by atoms with Crippen molar-refractivity contribution in [2.45, 2.75) is 25.4 Å². The van der Waals surface area contributed by atoms with Crippen LogP contribution in [0.5, 0.6) is 5.75 Å². The van der Waals surface area contributed by atoms with E-state index in [0.29, 0.717) is 11.3 Å². The molecule has 2 rings (SSSR count). The summed E-state index contributed by atoms with van der Waals surface area (Å²) in [5, 5.41) is 8.74. The second-order valence-electron chi connectivity index (χ2n) is 3.71. The first-order valence-electron chi connectivity index (χ1n) is 4.76. The second kappa shape index (κ2) is 3.53. The molecule has 0 bridgehead atoms. The fourth-order valence-corrected chi connectivity index (χ4v) is 1.92. The Balaban J connectivity index is 2.35. The van der Waals surface area contributed by atoms with Gasteiger partial charge in [-0.2, -0.15) is 0 Å². The number of rotatable bonds is 2. The van der Waals surface area contributed by atoms with Gasteiger partial charge >= 0.3 is 5.97 Å². The number of hydrogen-bond donors (Lipinski definition) is 1. The lowest BCUT2D eigenvalue weighted by Crippen LogP contribution is -2.17. The number of aliphatic carboxylic acids is 1. The molecule has 1 aliphatic rings. The van der Waals surface area contributed by atoms with Gasteiger partial charge in [0.05, 0.1) is 6.42 Å². The molecule has 80 valence electrons. The van der Waals surface area contributed by atoms with Crippen LogP contribution in [0.15, 0.2) is 18.2 Å². The molecule has 0 radical (unpaired) electrons. The molecule has 0 aliphatic carbocycles. The van der Waals surface area contributed by atoms with Crippen LogP contribution in [0.3, 0.4) is 0 Å². The highest BCUT2D eigenvalue weighted by molar-refractivity contribution is 5.69. The predicted octanol–water partition coefficient (Wildman–Crippen LogP) is 2.16. The molecule has 0 fully saturated rings. The van der Waals surface area contributed by atoms with Gasteiger partial charge in [0.1, 0.15) is 17.7 Å². The van der Waals surface area contributed by atoms with E-state index >= 15 is 0 Å². The summed E-state index contributed by atoms with van der Waals surface area (Å²) < 4.78 is 18.4. The van der Waals surface area contributed by atoms with Gasteiger partial charge < -0.3 is 9.84 Å². The average Bonchev–Trinajstić information content (AvgIpc) is 2.43. The largest absolute Gasteiger partial charge is 0.490 e. The maximum Gasteiger partial charge on any atom is 0.304 e. The molecule has 3 nitrogen and oxygen atoms in total. The highest BCUT2D eigenvalue weighted by Gasteiger charge is 2.33. The molecule has 4 heteroatoms. The van der Waals surface area contributed by atoms with Crippen molar-refractivity contribution in [3.05, 3.63) is 29.6 Å². The van der Waals surface area contributed by atoms with Gasteiger partial charge in [-0.25, -0.2) is 4.39 Å². The van der Waals surface area contributed by atoms with Gasteiger partial charge in [-0.3, -0.25) is 4.79 Å². The molecule has 1 aromatic carbocycles. The Hall–Kier alpha value is -1.58. The minimum absolute atomic E-state index is 0.0301. The molecule has 1 heterocycles. The topological polar surface area (TPSA) is 46.5 Å². The summed E-state index contributed by atoms with van der Waals surface area (Å²) in [5.74, 6) is -0.919. The first kappa shape index (κ1) is 9.96. The first-order valence-corrected chi connectivity index (χ1v) is 4.76. The third kappa shape index (κ3) is 1.79. The van der Waals surface area contributed by atoms with Crippen LogP contribution in [0, 0.1) is 5.82 Å². The molecule has 0 amide bonds. The van der Waals surface area contributed by atoms with Crippen LogP contribution in [0.4, 0.5) is 4.39 Å². The van der Waals surface area contributed by atoms with Gasteiger partial charge in [-0.15, -0.1) is 0 Å². The monoisotopic (exact) mass is 210 g/mol. The molecular formula is C11H11FO3. The van der Waals surface area contributed by atoms with E-state index in [2.05, 4.69) is 0 Å². The molecule has 15 heavy (non-hydrogen) atoms. The van der Waals surface area contributed by atoms with E-state index in [1.165, 1.54) is 12.1 Å². The van der Waals surface area contributed by atoms with Crippen LogP contribution in [-0.2, 0) is 4.79 Å². The lowest BCUT2D eigenvalue weighted by atomic mass is 9.93. The smallest absolute Gasteiger partial charge is 0.304 e. The lowest BCUT2D eigenvalue weighted by molar-refractivity contribution is -0.137. The predicted molar refractivity (Wildman–Crippen MR) is 51.5 cm³/mol. The van der Waals surface area contributed by atoms with E-state index in [1.54, 1.807) is 13.0 Å². The van der Waals surface area contributed by atoms with Crippen molar-refractivity contribution in [3.63, 3.8) is 0 Å². The van der Waals surface area contributed by atoms with Crippen LogP contribution in [-0.4, -0.2) is 17.2 Å². The average molecular weight is 210 g/mol. The molecule has 0 aromatic heterocycles. The van der Waals surface area contributed by atoms with Crippen LogP contribution < -0.4 is 4.74 Å². The minimum atomic E-state index is -0.896. The Kier molecular flexibility index (Phi) is 2.34. The standard InChI is InChI=1S/C11H11FO3/c1-6-8(5-11(13)14)9-4-7(12)2-3-10(9)15-6/h2-4,6,8H,5H2,1H3,(H,13,14). The van der Waals surface area contributed by atoms with E-state index in [4.69, 9.17) is 9.84 Å². The van der Waals surface area contributed by atoms with Crippen LogP contribution in [0.25, 0.3) is 0 Å². The minimum Gasteiger partial charge on any atom is -0.490 e. The molecule has 2 atom stereocenters. The molecule has 2 unspecified atom stereocenters. The summed E-state index contributed by atoms with van der Waals surface area (Å²) in [7, 11) is 0. The summed E-state index contributed by atoms with van der Waals surface area (Å²) in [4.78, 5) is 10.6. The van der Waals surface area contributed by atoms with Crippen LogP contribution in [0.1, 0.15) is 24.8 Å². The Morgan fingerprint density at radius 1 is 1.60 bits per heavy atom. The summed E-state index contributed by atoms with van der Waals surface area (Å²) in [6, 6.07) is 4.21. The lowest BCUT2D eigenvalue weighted by Gasteiger charge is -2.11. The van der Waals surface area contributed by atoms with Gasteiger partial charge in [0.15, 0.2) is 0 Å². The number of carboxylic acids is 1. The second-order valence-corrected chi connectivity index (χ2v) is 3.71. The van der Waals surface area contributed by atoms with Gasteiger partial charge in [0, 0.05) is 11.5 Å². The maximum absolute atomic E-state index is 13.0. The zero-order valence-electron chi connectivity index (χ0n) is 8.24. The Labute approximate surface area is 86.5 Å². The van der Waals surface area contributed by atoms with Crippen molar-refractivity contribution < 1.29 is 19.0 Å². The maximum atomic E-state index is 13.0. The van der Waals surface area contributed by atoms with Gasteiger partial charge in [-0.1, -0.05) is 0 Å². The number of halogens is 1. The highest BCUT2D eigenvalue weighted by atomic mass is 19.1. The molecule has 0 spiro atoms. The number of hydrogen-bond acceptors (Lipinski definition) is 2. The van der Waals surface area contributed by atoms with Gasteiger partial charge in [0.2, 0.25) is 0 Å². The molecule has 0 saturated heterocycles. The van der Waals surface area contributed by atoms with E-state index < -0.39 is 5.97 Å². The Morgan fingerprint density at radius 2 is 2.33 bits per heavy atom. The van der Waals surface area contributed by atoms with Crippen molar-refractivity contribution in [1.29, 1.82) is 0 Å². The summed E-state index contributed by atoms with van der Waals surface area (Å²) in [5.41, 5.74) is 0.657. The molecule has 1 aliphatic heterocycles.